The van der Waals surface area contributed by atoms with Gasteiger partial charge in [0, 0.05) is 17.8 Å². The molecule has 2 N–H and O–H groups in total. The smallest absolute Gasteiger partial charge is 0.193 e. The number of nitrogens with zero attached hydrogens (tertiary/aromatic N) is 1. The van der Waals surface area contributed by atoms with Crippen LogP contribution in [-0.2, 0) is 0 Å². The Morgan fingerprint density at radius 2 is 2.12 bits per heavy atom. The molecule has 2 aromatic rings. The van der Waals surface area contributed by atoms with Crippen molar-refractivity contribution < 1.29 is 4.42 Å². The minimum atomic E-state index is -0.234. The topological polar surface area (TPSA) is 52.0 Å². The first kappa shape index (κ1) is 11.2. The van der Waals surface area contributed by atoms with Crippen molar-refractivity contribution in [3.8, 4) is 0 Å². The molecule has 0 saturated heterocycles. The van der Waals surface area contributed by atoms with Crippen LogP contribution in [0.3, 0.4) is 0 Å². The molecule has 2 aromatic heterocycles. The van der Waals surface area contributed by atoms with Crippen LogP contribution in [0.25, 0.3) is 0 Å². The van der Waals surface area contributed by atoms with Crippen LogP contribution < -0.4 is 5.73 Å². The standard InChI is InChI=1S/C12H13ClN2O/c1-8(9-4-2-3-7-15-9)12(14)10-5-6-11(13)16-10/h2-8,12H,14H2,1H3. The summed E-state index contributed by atoms with van der Waals surface area (Å²) in [7, 11) is 0. The van der Waals surface area contributed by atoms with Crippen LogP contribution in [0.5, 0.6) is 0 Å². The Morgan fingerprint density at radius 1 is 1.31 bits per heavy atom. The summed E-state index contributed by atoms with van der Waals surface area (Å²) in [6, 6.07) is 9.04. The molecule has 4 heteroatoms. The molecule has 3 nitrogen and oxygen atoms in total. The first-order valence-corrected chi connectivity index (χ1v) is 5.48. The summed E-state index contributed by atoms with van der Waals surface area (Å²) in [4.78, 5) is 4.28. The van der Waals surface area contributed by atoms with Crippen LogP contribution in [0.4, 0.5) is 0 Å². The Kier molecular flexibility index (Phi) is 3.27. The van der Waals surface area contributed by atoms with Crippen LogP contribution in [0, 0.1) is 0 Å². The van der Waals surface area contributed by atoms with Crippen LogP contribution in [0.1, 0.15) is 30.3 Å². The molecule has 0 saturated carbocycles. The molecule has 0 fully saturated rings. The quantitative estimate of drug-likeness (QED) is 0.891. The maximum absolute atomic E-state index is 6.09. The molecule has 84 valence electrons. The SMILES string of the molecule is CC(c1ccccn1)C(N)c1ccc(Cl)o1. The molecule has 0 aliphatic carbocycles. The van der Waals surface area contributed by atoms with E-state index in [0.29, 0.717) is 11.0 Å². The fraction of sp³-hybridized carbons (Fsp3) is 0.250. The second kappa shape index (κ2) is 4.68. The molecule has 16 heavy (non-hydrogen) atoms. The number of hydrogen-bond donors (Lipinski definition) is 1. The summed E-state index contributed by atoms with van der Waals surface area (Å²) < 4.78 is 5.30. The molecule has 0 aliphatic rings. The maximum atomic E-state index is 6.09. The Hall–Kier alpha value is -1.32. The molecular formula is C12H13ClN2O. The van der Waals surface area contributed by atoms with E-state index in [-0.39, 0.29) is 12.0 Å². The van der Waals surface area contributed by atoms with Gasteiger partial charge in [-0.25, -0.2) is 0 Å². The Labute approximate surface area is 99.2 Å². The zero-order valence-electron chi connectivity index (χ0n) is 8.93. The van der Waals surface area contributed by atoms with E-state index < -0.39 is 0 Å². The van der Waals surface area contributed by atoms with E-state index in [4.69, 9.17) is 21.8 Å². The van der Waals surface area contributed by atoms with Crippen molar-refractivity contribution in [1.29, 1.82) is 0 Å². The van der Waals surface area contributed by atoms with Crippen molar-refractivity contribution in [1.82, 2.24) is 4.98 Å². The molecule has 0 radical (unpaired) electrons. The van der Waals surface area contributed by atoms with Crippen molar-refractivity contribution in [3.05, 3.63) is 53.2 Å². The van der Waals surface area contributed by atoms with Crippen molar-refractivity contribution in [2.45, 2.75) is 18.9 Å². The highest BCUT2D eigenvalue weighted by molar-refractivity contribution is 6.28. The average Bonchev–Trinajstić information content (AvgIpc) is 2.75. The molecule has 2 rings (SSSR count). The average molecular weight is 237 g/mol. The molecule has 0 amide bonds. The van der Waals surface area contributed by atoms with Crippen LogP contribution in [-0.4, -0.2) is 4.98 Å². The van der Waals surface area contributed by atoms with E-state index in [2.05, 4.69) is 4.98 Å². The van der Waals surface area contributed by atoms with Gasteiger partial charge in [-0.3, -0.25) is 4.98 Å². The number of hydrogen-bond acceptors (Lipinski definition) is 3. The van der Waals surface area contributed by atoms with Gasteiger partial charge in [-0.1, -0.05) is 13.0 Å². The Morgan fingerprint density at radius 3 is 2.69 bits per heavy atom. The number of nitrogens with two attached hydrogens (primary N) is 1. The third kappa shape index (κ3) is 2.26. The van der Waals surface area contributed by atoms with Gasteiger partial charge in [0.25, 0.3) is 0 Å². The lowest BCUT2D eigenvalue weighted by Gasteiger charge is -2.16. The summed E-state index contributed by atoms with van der Waals surface area (Å²) in [5, 5.41) is 0.360. The second-order valence-corrected chi connectivity index (χ2v) is 4.08. The van der Waals surface area contributed by atoms with Gasteiger partial charge in [-0.05, 0) is 35.9 Å². The Balaban J connectivity index is 2.19. The number of rotatable bonds is 3. The van der Waals surface area contributed by atoms with E-state index in [1.165, 1.54) is 0 Å². The highest BCUT2D eigenvalue weighted by atomic mass is 35.5. The highest BCUT2D eigenvalue weighted by Crippen LogP contribution is 2.29. The highest BCUT2D eigenvalue weighted by Gasteiger charge is 2.20. The number of halogens is 1. The molecule has 2 unspecified atom stereocenters. The third-order valence-electron chi connectivity index (χ3n) is 2.62. The molecule has 0 spiro atoms. The molecule has 0 aromatic carbocycles. The van der Waals surface area contributed by atoms with Crippen molar-refractivity contribution in [2.24, 2.45) is 5.73 Å². The molecular weight excluding hydrogens is 224 g/mol. The van der Waals surface area contributed by atoms with Crippen LogP contribution in [0.2, 0.25) is 5.22 Å². The molecule has 2 heterocycles. The molecule has 0 bridgehead atoms. The van der Waals surface area contributed by atoms with Crippen molar-refractivity contribution in [3.63, 3.8) is 0 Å². The minimum Gasteiger partial charge on any atom is -0.448 e. The van der Waals surface area contributed by atoms with Crippen LogP contribution >= 0.6 is 11.6 Å². The summed E-state index contributed by atoms with van der Waals surface area (Å²) in [5.41, 5.74) is 7.04. The fourth-order valence-corrected chi connectivity index (χ4v) is 1.74. The lowest BCUT2D eigenvalue weighted by molar-refractivity contribution is 0.433. The predicted octanol–water partition coefficient (Wildman–Crippen LogP) is 3.13. The normalized spacial score (nSPS) is 14.7. The maximum Gasteiger partial charge on any atom is 0.193 e. The number of furan rings is 1. The van der Waals surface area contributed by atoms with Crippen molar-refractivity contribution >= 4 is 11.6 Å². The monoisotopic (exact) mass is 236 g/mol. The van der Waals surface area contributed by atoms with E-state index in [9.17, 15) is 0 Å². The summed E-state index contributed by atoms with van der Waals surface area (Å²) >= 11 is 5.72. The van der Waals surface area contributed by atoms with E-state index >= 15 is 0 Å². The van der Waals surface area contributed by atoms with Gasteiger partial charge >= 0.3 is 0 Å². The van der Waals surface area contributed by atoms with Gasteiger partial charge < -0.3 is 10.2 Å². The number of pyridine rings is 1. The van der Waals surface area contributed by atoms with Gasteiger partial charge in [0.05, 0.1) is 6.04 Å². The van der Waals surface area contributed by atoms with Gasteiger partial charge in [0.1, 0.15) is 5.76 Å². The molecule has 0 aliphatic heterocycles. The zero-order valence-corrected chi connectivity index (χ0v) is 9.69. The van der Waals surface area contributed by atoms with E-state index in [0.717, 1.165) is 5.69 Å². The lowest BCUT2D eigenvalue weighted by Crippen LogP contribution is -2.17. The van der Waals surface area contributed by atoms with Crippen LogP contribution in [0.15, 0.2) is 40.9 Å². The first-order valence-electron chi connectivity index (χ1n) is 5.10. The Bertz CT molecular complexity index is 455. The van der Waals surface area contributed by atoms with Gasteiger partial charge in [0.15, 0.2) is 5.22 Å². The van der Waals surface area contributed by atoms with E-state index in [1.807, 2.05) is 25.1 Å². The second-order valence-electron chi connectivity index (χ2n) is 3.71. The number of aromatic nitrogens is 1. The summed E-state index contributed by atoms with van der Waals surface area (Å²) in [6.07, 6.45) is 1.76. The third-order valence-corrected chi connectivity index (χ3v) is 2.82. The minimum absolute atomic E-state index is 0.0865. The first-order chi connectivity index (χ1) is 7.68. The van der Waals surface area contributed by atoms with Gasteiger partial charge in [0.2, 0.25) is 0 Å². The summed E-state index contributed by atoms with van der Waals surface area (Å²) in [6.45, 7) is 2.02. The van der Waals surface area contributed by atoms with Gasteiger partial charge in [-0.15, -0.1) is 0 Å². The van der Waals surface area contributed by atoms with Crippen molar-refractivity contribution in [2.75, 3.05) is 0 Å². The van der Waals surface area contributed by atoms with Gasteiger partial charge in [-0.2, -0.15) is 0 Å². The zero-order chi connectivity index (χ0) is 11.5. The lowest BCUT2D eigenvalue weighted by atomic mass is 9.96. The summed E-state index contributed by atoms with van der Waals surface area (Å²) in [5.74, 6) is 0.770. The largest absolute Gasteiger partial charge is 0.448 e. The predicted molar refractivity (Wildman–Crippen MR) is 63.3 cm³/mol. The molecule has 2 atom stereocenters. The fourth-order valence-electron chi connectivity index (χ4n) is 1.58. The van der Waals surface area contributed by atoms with E-state index in [1.54, 1.807) is 18.3 Å².